The van der Waals surface area contributed by atoms with Crippen molar-refractivity contribution < 1.29 is 0 Å². The van der Waals surface area contributed by atoms with Crippen molar-refractivity contribution in [3.05, 3.63) is 0 Å². The molecule has 1 unspecified atom stereocenters. The highest BCUT2D eigenvalue weighted by molar-refractivity contribution is 6.93. The summed E-state index contributed by atoms with van der Waals surface area (Å²) >= 11 is 5.48. The summed E-state index contributed by atoms with van der Waals surface area (Å²) in [6, 6.07) is 0. The van der Waals surface area contributed by atoms with E-state index in [0.717, 1.165) is 18.9 Å². The summed E-state index contributed by atoms with van der Waals surface area (Å²) in [5.74, 6) is 0.817. The van der Waals surface area contributed by atoms with Gasteiger partial charge in [0.25, 0.3) is 0 Å². The molecule has 42 valence electrons. The lowest BCUT2D eigenvalue weighted by atomic mass is 9.90. The van der Waals surface area contributed by atoms with Crippen LogP contribution in [0, 0.1) is 5.92 Å². The predicted octanol–water partition coefficient (Wildman–Crippen LogP) is 2.04. The highest BCUT2D eigenvalue weighted by atomic mass is 35.5. The van der Waals surface area contributed by atoms with E-state index in [0.29, 0.717) is 0 Å². The van der Waals surface area contributed by atoms with Gasteiger partial charge in [-0.2, -0.15) is 0 Å². The maximum absolute atomic E-state index is 5.48. The van der Waals surface area contributed by atoms with Crippen LogP contribution in [-0.2, 0) is 0 Å². The Labute approximate surface area is 51.4 Å². The Morgan fingerprint density at radius 2 is 2.29 bits per heavy atom. The lowest BCUT2D eigenvalue weighted by Crippen LogP contribution is -1.91. The summed E-state index contributed by atoms with van der Waals surface area (Å²) in [6.45, 7) is 5.23. The summed E-state index contributed by atoms with van der Waals surface area (Å²) < 4.78 is 0. The number of rotatable bonds is 3. The minimum atomic E-state index is 0.814. The first-order valence-electron chi connectivity index (χ1n) is 2.87. The maximum Gasteiger partial charge on any atom is 0.233 e. The second-order valence-corrected chi connectivity index (χ2v) is 2.37. The summed E-state index contributed by atoms with van der Waals surface area (Å²) in [4.78, 5) is 0. The molecule has 0 saturated heterocycles. The number of hydrogen-bond donors (Lipinski definition) is 0. The van der Waals surface area contributed by atoms with E-state index in [2.05, 4.69) is 13.8 Å². The van der Waals surface area contributed by atoms with Crippen molar-refractivity contribution in [1.82, 2.24) is 0 Å². The van der Waals surface area contributed by atoms with Crippen LogP contribution in [0.2, 0.25) is 6.32 Å². The molecule has 0 aromatic carbocycles. The summed E-state index contributed by atoms with van der Waals surface area (Å²) in [5, 5.41) is 0. The molecule has 0 saturated carbocycles. The molecule has 0 rings (SSSR count). The fraction of sp³-hybridized carbons (Fsp3) is 1.00. The van der Waals surface area contributed by atoms with Gasteiger partial charge in [0.05, 0.1) is 0 Å². The van der Waals surface area contributed by atoms with E-state index in [9.17, 15) is 0 Å². The molecule has 0 aliphatic rings. The highest BCUT2D eigenvalue weighted by Crippen LogP contribution is 2.05. The first kappa shape index (κ1) is 7.35. The van der Waals surface area contributed by atoms with Crippen LogP contribution >= 0.6 is 11.5 Å². The zero-order chi connectivity index (χ0) is 5.70. The van der Waals surface area contributed by atoms with Crippen LogP contribution in [0.25, 0.3) is 0 Å². The van der Waals surface area contributed by atoms with Gasteiger partial charge in [0.2, 0.25) is 6.69 Å². The van der Waals surface area contributed by atoms with E-state index in [1.807, 2.05) is 0 Å². The Morgan fingerprint density at radius 3 is 2.43 bits per heavy atom. The Balaban J connectivity index is 2.83. The van der Waals surface area contributed by atoms with Crippen LogP contribution in [0.3, 0.4) is 0 Å². The second kappa shape index (κ2) is 4.51. The maximum atomic E-state index is 5.48. The normalized spacial score (nSPS) is 13.6. The molecule has 0 radical (unpaired) electrons. The molecule has 0 aromatic rings. The van der Waals surface area contributed by atoms with Crippen LogP contribution in [0.15, 0.2) is 0 Å². The molecule has 0 aromatic heterocycles. The highest BCUT2D eigenvalue weighted by Gasteiger charge is 1.95. The lowest BCUT2D eigenvalue weighted by molar-refractivity contribution is 0.624. The quantitative estimate of drug-likeness (QED) is 0.498. The first-order chi connectivity index (χ1) is 3.31. The Morgan fingerprint density at radius 1 is 1.71 bits per heavy atom. The molecule has 0 heterocycles. The van der Waals surface area contributed by atoms with Crippen molar-refractivity contribution in [3.8, 4) is 0 Å². The standard InChI is InChI=1S/C5H12BCl/c1-3-5(2)4-6-7/h5-6H,3-4H2,1-2H3. The van der Waals surface area contributed by atoms with Gasteiger partial charge in [0, 0.05) is 0 Å². The molecular weight excluding hydrogens is 106 g/mol. The topological polar surface area (TPSA) is 0 Å². The Kier molecular flexibility index (Phi) is 4.74. The monoisotopic (exact) mass is 118 g/mol. The smallest absolute Gasteiger partial charge is 0.201 e. The van der Waals surface area contributed by atoms with Gasteiger partial charge in [0.1, 0.15) is 0 Å². The van der Waals surface area contributed by atoms with Gasteiger partial charge in [-0.15, -0.1) is 0 Å². The molecular formula is C5H12BCl. The van der Waals surface area contributed by atoms with Crippen molar-refractivity contribution in [1.29, 1.82) is 0 Å². The zero-order valence-electron chi connectivity index (χ0n) is 5.08. The van der Waals surface area contributed by atoms with Gasteiger partial charge in [-0.3, -0.25) is 0 Å². The van der Waals surface area contributed by atoms with Gasteiger partial charge >= 0.3 is 0 Å². The molecule has 0 aliphatic heterocycles. The van der Waals surface area contributed by atoms with Crippen LogP contribution in [0.1, 0.15) is 20.3 Å². The molecule has 0 fully saturated rings. The minimum Gasteiger partial charge on any atom is -0.201 e. The first-order valence-corrected chi connectivity index (χ1v) is 3.40. The fourth-order valence-corrected chi connectivity index (χ4v) is 0.763. The minimum absolute atomic E-state index is 0.814. The summed E-state index contributed by atoms with van der Waals surface area (Å²) in [5.41, 5.74) is 0. The van der Waals surface area contributed by atoms with Crippen LogP contribution in [-0.4, -0.2) is 6.69 Å². The van der Waals surface area contributed by atoms with Crippen LogP contribution < -0.4 is 0 Å². The van der Waals surface area contributed by atoms with E-state index in [1.54, 1.807) is 0 Å². The third-order valence-electron chi connectivity index (χ3n) is 1.30. The predicted molar refractivity (Wildman–Crippen MR) is 37.3 cm³/mol. The van der Waals surface area contributed by atoms with E-state index >= 15 is 0 Å². The van der Waals surface area contributed by atoms with Crippen molar-refractivity contribution in [3.63, 3.8) is 0 Å². The van der Waals surface area contributed by atoms with E-state index in [1.165, 1.54) is 6.42 Å². The molecule has 0 N–H and O–H groups in total. The Hall–Kier alpha value is 0.355. The van der Waals surface area contributed by atoms with Gasteiger partial charge in [-0.1, -0.05) is 32.5 Å². The van der Waals surface area contributed by atoms with Gasteiger partial charge < -0.3 is 0 Å². The molecule has 0 spiro atoms. The average molecular weight is 118 g/mol. The average Bonchev–Trinajstić information content (AvgIpc) is 1.68. The second-order valence-electron chi connectivity index (χ2n) is 1.99. The summed E-state index contributed by atoms with van der Waals surface area (Å²) in [7, 11) is 0. The molecule has 7 heavy (non-hydrogen) atoms. The molecule has 0 bridgehead atoms. The van der Waals surface area contributed by atoms with Gasteiger partial charge in [-0.25, -0.2) is 11.5 Å². The van der Waals surface area contributed by atoms with Crippen molar-refractivity contribution >= 4 is 18.2 Å². The molecule has 0 nitrogen and oxygen atoms in total. The molecule has 0 aliphatic carbocycles. The largest absolute Gasteiger partial charge is 0.233 e. The zero-order valence-corrected chi connectivity index (χ0v) is 5.83. The van der Waals surface area contributed by atoms with Crippen LogP contribution in [0.5, 0.6) is 0 Å². The number of hydrogen-bond acceptors (Lipinski definition) is 0. The Bertz CT molecular complexity index is 39.1. The number of halogens is 1. The third kappa shape index (κ3) is 4.20. The molecule has 2 heteroatoms. The third-order valence-corrected chi connectivity index (χ3v) is 1.52. The van der Waals surface area contributed by atoms with E-state index in [-0.39, 0.29) is 0 Å². The van der Waals surface area contributed by atoms with Crippen molar-refractivity contribution in [2.75, 3.05) is 0 Å². The van der Waals surface area contributed by atoms with Crippen LogP contribution in [0.4, 0.5) is 0 Å². The molecule has 1 atom stereocenters. The SMILES string of the molecule is CCC(C)CBCl. The van der Waals surface area contributed by atoms with Gasteiger partial charge in [0.15, 0.2) is 0 Å². The summed E-state index contributed by atoms with van der Waals surface area (Å²) in [6.07, 6.45) is 2.42. The van der Waals surface area contributed by atoms with Crippen molar-refractivity contribution in [2.24, 2.45) is 5.92 Å². The fourth-order valence-electron chi connectivity index (χ4n) is 0.390. The molecule has 0 amide bonds. The van der Waals surface area contributed by atoms with E-state index in [4.69, 9.17) is 11.5 Å². The van der Waals surface area contributed by atoms with Gasteiger partial charge in [-0.05, 0) is 0 Å². The lowest BCUT2D eigenvalue weighted by Gasteiger charge is -2.00. The van der Waals surface area contributed by atoms with E-state index < -0.39 is 0 Å². The van der Waals surface area contributed by atoms with Crippen molar-refractivity contribution in [2.45, 2.75) is 26.6 Å².